The first-order valence-electron chi connectivity index (χ1n) is 8.03. The van der Waals surface area contributed by atoms with Crippen molar-refractivity contribution in [3.05, 3.63) is 58.1 Å². The Morgan fingerprint density at radius 1 is 1.38 bits per heavy atom. The van der Waals surface area contributed by atoms with Crippen molar-refractivity contribution < 1.29 is 4.79 Å². The predicted octanol–water partition coefficient (Wildman–Crippen LogP) is 4.45. The van der Waals surface area contributed by atoms with E-state index in [9.17, 15) is 4.79 Å². The Morgan fingerprint density at radius 3 is 2.88 bits per heavy atom. The van der Waals surface area contributed by atoms with Crippen LogP contribution in [-0.4, -0.2) is 29.4 Å². The van der Waals surface area contributed by atoms with Crippen LogP contribution in [0.2, 0.25) is 5.02 Å². The summed E-state index contributed by atoms with van der Waals surface area (Å²) in [6.07, 6.45) is 0. The molecule has 0 aliphatic carbocycles. The first-order chi connectivity index (χ1) is 12.5. The first kappa shape index (κ1) is 18.3. The van der Waals surface area contributed by atoms with Gasteiger partial charge in [0.1, 0.15) is 11.1 Å². The number of likely N-dealkylation sites (N-methyl/N-ethyl adjacent to an activating group) is 1. The van der Waals surface area contributed by atoms with Gasteiger partial charge in [0.25, 0.3) is 0 Å². The number of nitriles is 1. The van der Waals surface area contributed by atoms with E-state index in [1.165, 1.54) is 0 Å². The first-order valence-corrected chi connectivity index (χ1v) is 9.22. The highest BCUT2D eigenvalue weighted by Crippen LogP contribution is 2.28. The summed E-state index contributed by atoms with van der Waals surface area (Å²) in [7, 11) is 1.87. The summed E-state index contributed by atoms with van der Waals surface area (Å²) in [5.41, 5.74) is 1.77. The van der Waals surface area contributed by atoms with Gasteiger partial charge in [0.15, 0.2) is 0 Å². The van der Waals surface area contributed by atoms with Crippen LogP contribution < -0.4 is 5.32 Å². The maximum Gasteiger partial charge on any atom is 0.238 e. The highest BCUT2D eigenvalue weighted by atomic mass is 35.5. The Labute approximate surface area is 160 Å². The Bertz CT molecular complexity index is 962. The molecule has 1 N–H and O–H groups in total. The molecule has 0 saturated heterocycles. The van der Waals surface area contributed by atoms with Gasteiger partial charge < -0.3 is 5.32 Å². The summed E-state index contributed by atoms with van der Waals surface area (Å²) >= 11 is 7.58. The number of para-hydroxylation sites is 1. The molecule has 1 heterocycles. The molecule has 3 aromatic rings. The summed E-state index contributed by atoms with van der Waals surface area (Å²) in [6.45, 7) is 2.19. The monoisotopic (exact) mass is 384 g/mol. The summed E-state index contributed by atoms with van der Waals surface area (Å²) in [5.74, 6) is -0.209. The molecule has 3 rings (SSSR count). The normalized spacial score (nSPS) is 12.1. The van der Waals surface area contributed by atoms with E-state index in [1.807, 2.05) is 49.2 Å². The smallest absolute Gasteiger partial charge is 0.238 e. The van der Waals surface area contributed by atoms with Crippen LogP contribution in [0.3, 0.4) is 0 Å². The van der Waals surface area contributed by atoms with E-state index in [0.29, 0.717) is 16.3 Å². The lowest BCUT2D eigenvalue weighted by Gasteiger charge is -2.22. The van der Waals surface area contributed by atoms with Crippen molar-refractivity contribution in [3.63, 3.8) is 0 Å². The summed E-state index contributed by atoms with van der Waals surface area (Å²) in [4.78, 5) is 19.0. The minimum Gasteiger partial charge on any atom is -0.324 e. The Balaban J connectivity index is 1.69. The van der Waals surface area contributed by atoms with Gasteiger partial charge >= 0.3 is 0 Å². The average Bonchev–Trinajstić information content (AvgIpc) is 3.05. The lowest BCUT2D eigenvalue weighted by molar-refractivity contribution is -0.117. The number of thiazole rings is 1. The topological polar surface area (TPSA) is 69.0 Å². The molecule has 0 aliphatic rings. The van der Waals surface area contributed by atoms with Crippen molar-refractivity contribution in [2.75, 3.05) is 18.9 Å². The van der Waals surface area contributed by atoms with Crippen LogP contribution in [0, 0.1) is 11.3 Å². The number of nitrogens with zero attached hydrogens (tertiary/aromatic N) is 3. The summed E-state index contributed by atoms with van der Waals surface area (Å²) < 4.78 is 1.13. The zero-order valence-electron chi connectivity index (χ0n) is 14.4. The van der Waals surface area contributed by atoms with Crippen LogP contribution in [0.5, 0.6) is 0 Å². The Hall–Kier alpha value is -2.46. The number of fused-ring (bicyclic) bond motifs is 1. The van der Waals surface area contributed by atoms with Crippen molar-refractivity contribution in [3.8, 4) is 6.07 Å². The quantitative estimate of drug-likeness (QED) is 0.705. The number of benzene rings is 2. The number of anilines is 1. The molecule has 0 fully saturated rings. The van der Waals surface area contributed by atoms with E-state index >= 15 is 0 Å². The van der Waals surface area contributed by atoms with Crippen molar-refractivity contribution in [2.24, 2.45) is 0 Å². The van der Waals surface area contributed by atoms with Gasteiger partial charge in [0.05, 0.1) is 34.1 Å². The van der Waals surface area contributed by atoms with Gasteiger partial charge in [-0.3, -0.25) is 9.69 Å². The fourth-order valence-corrected chi connectivity index (χ4v) is 3.78. The number of carbonyl (C=O) groups is 1. The molecule has 0 unspecified atom stereocenters. The van der Waals surface area contributed by atoms with E-state index in [2.05, 4.69) is 10.3 Å². The van der Waals surface area contributed by atoms with E-state index < -0.39 is 0 Å². The number of carbonyl (C=O) groups excluding carboxylic acids is 1. The standard InChI is InChI=1S/C19H17ClN4OS/c1-12(19-23-15-5-3-4-6-17(15)26-19)24(2)11-18(25)22-16-9-14(20)8-7-13(16)10-21/h3-9,12H,11H2,1-2H3,(H,22,25)/t12-/m0/s1. The van der Waals surface area contributed by atoms with Crippen LogP contribution >= 0.6 is 22.9 Å². The van der Waals surface area contributed by atoms with Crippen LogP contribution in [0.1, 0.15) is 23.5 Å². The minimum atomic E-state index is -0.209. The Morgan fingerprint density at radius 2 is 2.15 bits per heavy atom. The highest BCUT2D eigenvalue weighted by Gasteiger charge is 2.19. The number of hydrogen-bond donors (Lipinski definition) is 1. The van der Waals surface area contributed by atoms with Crippen molar-refractivity contribution in [1.82, 2.24) is 9.88 Å². The largest absolute Gasteiger partial charge is 0.324 e. The summed E-state index contributed by atoms with van der Waals surface area (Å²) in [6, 6.07) is 14.8. The number of amides is 1. The fourth-order valence-electron chi connectivity index (χ4n) is 2.53. The van der Waals surface area contributed by atoms with Crippen LogP contribution in [0.25, 0.3) is 10.2 Å². The van der Waals surface area contributed by atoms with E-state index in [-0.39, 0.29) is 18.5 Å². The van der Waals surface area contributed by atoms with Gasteiger partial charge in [0, 0.05) is 5.02 Å². The van der Waals surface area contributed by atoms with Gasteiger partial charge in [-0.15, -0.1) is 11.3 Å². The molecule has 5 nitrogen and oxygen atoms in total. The van der Waals surface area contributed by atoms with Gasteiger partial charge in [-0.2, -0.15) is 5.26 Å². The number of aromatic nitrogens is 1. The molecule has 132 valence electrons. The zero-order chi connectivity index (χ0) is 18.7. The number of hydrogen-bond acceptors (Lipinski definition) is 5. The predicted molar refractivity (Wildman–Crippen MR) is 105 cm³/mol. The van der Waals surface area contributed by atoms with Gasteiger partial charge in [-0.25, -0.2) is 4.98 Å². The number of rotatable bonds is 5. The molecule has 0 aliphatic heterocycles. The number of nitrogens with one attached hydrogen (secondary N) is 1. The summed E-state index contributed by atoms with van der Waals surface area (Å²) in [5, 5.41) is 13.3. The second-order valence-corrected chi connectivity index (χ2v) is 7.46. The van der Waals surface area contributed by atoms with Gasteiger partial charge in [-0.05, 0) is 44.3 Å². The van der Waals surface area contributed by atoms with Crippen molar-refractivity contribution in [1.29, 1.82) is 5.26 Å². The van der Waals surface area contributed by atoms with Crippen LogP contribution in [-0.2, 0) is 4.79 Å². The molecule has 7 heteroatoms. The number of halogens is 1. The minimum absolute atomic E-state index is 0.00653. The molecular formula is C19H17ClN4OS. The van der Waals surface area contributed by atoms with E-state index in [0.717, 1.165) is 15.2 Å². The SMILES string of the molecule is C[C@@H](c1nc2ccccc2s1)N(C)CC(=O)Nc1cc(Cl)ccc1C#N. The molecule has 0 saturated carbocycles. The van der Waals surface area contributed by atoms with Crippen LogP contribution in [0.15, 0.2) is 42.5 Å². The molecule has 1 aromatic heterocycles. The third kappa shape index (κ3) is 4.02. The van der Waals surface area contributed by atoms with E-state index in [1.54, 1.807) is 29.5 Å². The molecule has 0 spiro atoms. The van der Waals surface area contributed by atoms with Crippen LogP contribution in [0.4, 0.5) is 5.69 Å². The maximum absolute atomic E-state index is 12.4. The molecule has 2 aromatic carbocycles. The third-order valence-corrected chi connectivity index (χ3v) is 5.54. The zero-order valence-corrected chi connectivity index (χ0v) is 15.9. The molecule has 1 atom stereocenters. The average molecular weight is 385 g/mol. The maximum atomic E-state index is 12.4. The fraction of sp³-hybridized carbons (Fsp3) is 0.211. The molecule has 0 bridgehead atoms. The molecular weight excluding hydrogens is 368 g/mol. The highest BCUT2D eigenvalue weighted by molar-refractivity contribution is 7.18. The molecule has 26 heavy (non-hydrogen) atoms. The third-order valence-electron chi connectivity index (χ3n) is 4.10. The second kappa shape index (κ2) is 7.83. The van der Waals surface area contributed by atoms with Crippen molar-refractivity contribution in [2.45, 2.75) is 13.0 Å². The molecule has 0 radical (unpaired) electrons. The Kier molecular flexibility index (Phi) is 5.52. The lowest BCUT2D eigenvalue weighted by Crippen LogP contribution is -2.32. The van der Waals surface area contributed by atoms with E-state index in [4.69, 9.17) is 16.9 Å². The van der Waals surface area contributed by atoms with Gasteiger partial charge in [-0.1, -0.05) is 23.7 Å². The molecule has 1 amide bonds. The lowest BCUT2D eigenvalue weighted by atomic mass is 10.2. The van der Waals surface area contributed by atoms with Crippen molar-refractivity contribution >= 4 is 44.7 Å². The van der Waals surface area contributed by atoms with Gasteiger partial charge in [0.2, 0.25) is 5.91 Å². The second-order valence-electron chi connectivity index (χ2n) is 5.96.